The third-order valence-electron chi connectivity index (χ3n) is 4.53. The van der Waals surface area contributed by atoms with Gasteiger partial charge in [-0.15, -0.1) is 0 Å². The van der Waals surface area contributed by atoms with E-state index in [1.54, 1.807) is 0 Å². The quantitative estimate of drug-likeness (QED) is 0.586. The molecule has 4 N–H and O–H groups in total. The highest BCUT2D eigenvalue weighted by molar-refractivity contribution is 5.76. The van der Waals surface area contributed by atoms with Crippen LogP contribution in [0.2, 0.25) is 0 Å². The number of urea groups is 1. The lowest BCUT2D eigenvalue weighted by Crippen LogP contribution is -2.47. The summed E-state index contributed by atoms with van der Waals surface area (Å²) >= 11 is 0. The number of carboxylic acids is 1. The Balaban J connectivity index is 1.71. The first kappa shape index (κ1) is 14.1. The molecule has 19 heavy (non-hydrogen) atoms. The molecule has 5 atom stereocenters. The molecule has 6 heteroatoms. The van der Waals surface area contributed by atoms with E-state index in [-0.39, 0.29) is 12.6 Å². The maximum Gasteiger partial charge on any atom is 0.334 e. The zero-order valence-corrected chi connectivity index (χ0v) is 11.1. The van der Waals surface area contributed by atoms with Crippen molar-refractivity contribution in [3.63, 3.8) is 0 Å². The standard InChI is InChI=1S/C13H22N2O4/c1-7(10-5-8-2-3-9(10)4-8)15-13(19)14-6-11(16)12(17)18/h7-11,16H,2-6H2,1H3,(H,17,18)(H2,14,15,19). The van der Waals surface area contributed by atoms with Crippen molar-refractivity contribution in [1.29, 1.82) is 0 Å². The van der Waals surface area contributed by atoms with Gasteiger partial charge in [-0.1, -0.05) is 6.42 Å². The number of aliphatic hydroxyl groups excluding tert-OH is 1. The largest absolute Gasteiger partial charge is 0.479 e. The van der Waals surface area contributed by atoms with Crippen LogP contribution < -0.4 is 10.6 Å². The van der Waals surface area contributed by atoms with Crippen LogP contribution in [0.4, 0.5) is 4.79 Å². The van der Waals surface area contributed by atoms with Gasteiger partial charge < -0.3 is 20.8 Å². The van der Waals surface area contributed by atoms with Gasteiger partial charge in [-0.3, -0.25) is 0 Å². The lowest BCUT2D eigenvalue weighted by atomic mass is 9.84. The number of amides is 2. The number of carbonyl (C=O) groups is 2. The molecule has 5 unspecified atom stereocenters. The second-order valence-corrected chi connectivity index (χ2v) is 5.84. The van der Waals surface area contributed by atoms with Gasteiger partial charge in [0.2, 0.25) is 0 Å². The molecular weight excluding hydrogens is 248 g/mol. The van der Waals surface area contributed by atoms with Gasteiger partial charge in [0.1, 0.15) is 0 Å². The SMILES string of the molecule is CC(NC(=O)NCC(O)C(=O)O)C1CC2CCC1C2. The van der Waals surface area contributed by atoms with E-state index in [0.717, 1.165) is 11.8 Å². The summed E-state index contributed by atoms with van der Waals surface area (Å²) in [4.78, 5) is 22.0. The van der Waals surface area contributed by atoms with Crippen LogP contribution in [-0.4, -0.2) is 40.9 Å². The van der Waals surface area contributed by atoms with Crippen LogP contribution >= 0.6 is 0 Å². The molecule has 2 fully saturated rings. The van der Waals surface area contributed by atoms with Crippen molar-refractivity contribution in [2.45, 2.75) is 44.8 Å². The van der Waals surface area contributed by atoms with E-state index in [1.807, 2.05) is 6.92 Å². The molecule has 0 radical (unpaired) electrons. The number of hydrogen-bond acceptors (Lipinski definition) is 3. The summed E-state index contributed by atoms with van der Waals surface area (Å²) in [5, 5.41) is 22.8. The van der Waals surface area contributed by atoms with Crippen molar-refractivity contribution in [3.8, 4) is 0 Å². The number of aliphatic hydroxyl groups is 1. The normalized spacial score (nSPS) is 31.8. The summed E-state index contributed by atoms with van der Waals surface area (Å²) in [5.41, 5.74) is 0. The molecule has 2 bridgehead atoms. The van der Waals surface area contributed by atoms with Gasteiger partial charge in [0.25, 0.3) is 0 Å². The Morgan fingerprint density at radius 2 is 2.05 bits per heavy atom. The minimum atomic E-state index is -1.55. The highest BCUT2D eigenvalue weighted by atomic mass is 16.4. The summed E-state index contributed by atoms with van der Waals surface area (Å²) in [5.74, 6) is 0.761. The number of aliphatic carboxylic acids is 1. The fraction of sp³-hybridized carbons (Fsp3) is 0.846. The highest BCUT2D eigenvalue weighted by Crippen LogP contribution is 2.49. The number of nitrogens with one attached hydrogen (secondary N) is 2. The van der Waals surface area contributed by atoms with Gasteiger partial charge in [0, 0.05) is 6.04 Å². The molecule has 2 aliphatic carbocycles. The second kappa shape index (κ2) is 5.77. The minimum Gasteiger partial charge on any atom is -0.479 e. The van der Waals surface area contributed by atoms with Crippen molar-refractivity contribution in [2.24, 2.45) is 17.8 Å². The number of rotatable bonds is 5. The first-order chi connectivity index (χ1) is 8.97. The summed E-state index contributed by atoms with van der Waals surface area (Å²) in [6.07, 6.45) is 3.51. The van der Waals surface area contributed by atoms with E-state index >= 15 is 0 Å². The van der Waals surface area contributed by atoms with Crippen LogP contribution in [0.1, 0.15) is 32.6 Å². The molecular formula is C13H22N2O4. The zero-order valence-electron chi connectivity index (χ0n) is 11.1. The molecule has 0 saturated heterocycles. The average molecular weight is 270 g/mol. The van der Waals surface area contributed by atoms with Crippen LogP contribution in [0.15, 0.2) is 0 Å². The zero-order chi connectivity index (χ0) is 14.0. The van der Waals surface area contributed by atoms with Crippen LogP contribution in [0.25, 0.3) is 0 Å². The third kappa shape index (κ3) is 3.37. The number of hydrogen-bond donors (Lipinski definition) is 4. The lowest BCUT2D eigenvalue weighted by Gasteiger charge is -2.28. The van der Waals surface area contributed by atoms with E-state index in [0.29, 0.717) is 5.92 Å². The Hall–Kier alpha value is -1.30. The van der Waals surface area contributed by atoms with Crippen molar-refractivity contribution in [1.82, 2.24) is 10.6 Å². The predicted octanol–water partition coefficient (Wildman–Crippen LogP) is 0.556. The number of carbonyl (C=O) groups excluding carboxylic acids is 1. The van der Waals surface area contributed by atoms with E-state index in [9.17, 15) is 9.59 Å². The van der Waals surface area contributed by atoms with Crippen LogP contribution in [0.5, 0.6) is 0 Å². The molecule has 2 rings (SSSR count). The monoisotopic (exact) mass is 270 g/mol. The lowest BCUT2D eigenvalue weighted by molar-refractivity contribution is -0.146. The summed E-state index contributed by atoms with van der Waals surface area (Å²) in [7, 11) is 0. The molecule has 0 aliphatic heterocycles. The van der Waals surface area contributed by atoms with Gasteiger partial charge in [-0.2, -0.15) is 0 Å². The average Bonchev–Trinajstić information content (AvgIpc) is 2.97. The van der Waals surface area contributed by atoms with Crippen molar-refractivity contribution >= 4 is 12.0 Å². The van der Waals surface area contributed by atoms with E-state index in [1.165, 1.54) is 25.7 Å². The smallest absolute Gasteiger partial charge is 0.334 e. The van der Waals surface area contributed by atoms with Gasteiger partial charge in [0.05, 0.1) is 6.54 Å². The number of fused-ring (bicyclic) bond motifs is 2. The topological polar surface area (TPSA) is 98.7 Å². The van der Waals surface area contributed by atoms with Crippen LogP contribution in [0, 0.1) is 17.8 Å². The minimum absolute atomic E-state index is 0.0947. The Labute approximate surface area is 112 Å². The first-order valence-corrected chi connectivity index (χ1v) is 6.92. The first-order valence-electron chi connectivity index (χ1n) is 6.92. The van der Waals surface area contributed by atoms with E-state index in [4.69, 9.17) is 10.2 Å². The number of carboxylic acid groups (broad SMARTS) is 1. The Bertz CT molecular complexity index is 361. The molecule has 2 saturated carbocycles. The summed E-state index contributed by atoms with van der Waals surface area (Å²) < 4.78 is 0. The van der Waals surface area contributed by atoms with Crippen LogP contribution in [-0.2, 0) is 4.79 Å². The molecule has 108 valence electrons. The predicted molar refractivity (Wildman–Crippen MR) is 68.6 cm³/mol. The molecule has 0 aromatic rings. The summed E-state index contributed by atoms with van der Waals surface area (Å²) in [6.45, 7) is 1.73. The molecule has 0 spiro atoms. The molecule has 2 amide bonds. The van der Waals surface area contributed by atoms with Gasteiger partial charge in [-0.25, -0.2) is 9.59 Å². The molecule has 2 aliphatic rings. The molecule has 6 nitrogen and oxygen atoms in total. The summed E-state index contributed by atoms with van der Waals surface area (Å²) in [6, 6.07) is -0.312. The van der Waals surface area contributed by atoms with Crippen LogP contribution in [0.3, 0.4) is 0 Å². The van der Waals surface area contributed by atoms with Crippen molar-refractivity contribution < 1.29 is 19.8 Å². The highest BCUT2D eigenvalue weighted by Gasteiger charge is 2.42. The Kier molecular flexibility index (Phi) is 4.29. The van der Waals surface area contributed by atoms with Gasteiger partial charge >= 0.3 is 12.0 Å². The van der Waals surface area contributed by atoms with Gasteiger partial charge in [0.15, 0.2) is 6.10 Å². The molecule has 0 aromatic carbocycles. The fourth-order valence-corrected chi connectivity index (χ4v) is 3.55. The van der Waals surface area contributed by atoms with Crippen molar-refractivity contribution in [3.05, 3.63) is 0 Å². The Morgan fingerprint density at radius 3 is 2.58 bits per heavy atom. The fourth-order valence-electron chi connectivity index (χ4n) is 3.55. The second-order valence-electron chi connectivity index (χ2n) is 5.84. The maximum atomic E-state index is 11.6. The van der Waals surface area contributed by atoms with E-state index in [2.05, 4.69) is 10.6 Å². The molecule has 0 aromatic heterocycles. The van der Waals surface area contributed by atoms with Crippen molar-refractivity contribution in [2.75, 3.05) is 6.54 Å². The van der Waals surface area contributed by atoms with Gasteiger partial charge in [-0.05, 0) is 43.9 Å². The Morgan fingerprint density at radius 1 is 1.32 bits per heavy atom. The third-order valence-corrected chi connectivity index (χ3v) is 4.53. The maximum absolute atomic E-state index is 11.6. The molecule has 0 heterocycles. The van der Waals surface area contributed by atoms with E-state index < -0.39 is 18.1 Å².